The Kier molecular flexibility index (Phi) is 4.37. The fourth-order valence-electron chi connectivity index (χ4n) is 1.86. The standard InChI is InChI=1S/C14H20N2/c1-5-6-12(3)16(4)14-8-7-13(10-15)11(2)9-14/h7-9,12H,5-6H2,1-4H3. The van der Waals surface area contributed by atoms with Gasteiger partial charge in [0.1, 0.15) is 0 Å². The molecule has 1 aromatic carbocycles. The van der Waals surface area contributed by atoms with Gasteiger partial charge in [0.05, 0.1) is 11.6 Å². The van der Waals surface area contributed by atoms with Crippen LogP contribution in [0.15, 0.2) is 18.2 Å². The topological polar surface area (TPSA) is 27.0 Å². The summed E-state index contributed by atoms with van der Waals surface area (Å²) < 4.78 is 0. The summed E-state index contributed by atoms with van der Waals surface area (Å²) in [4.78, 5) is 2.28. The Hall–Kier alpha value is -1.49. The molecule has 2 nitrogen and oxygen atoms in total. The van der Waals surface area contributed by atoms with Crippen molar-refractivity contribution in [3.05, 3.63) is 29.3 Å². The van der Waals surface area contributed by atoms with E-state index in [2.05, 4.69) is 37.9 Å². The van der Waals surface area contributed by atoms with Crippen LogP contribution < -0.4 is 4.90 Å². The van der Waals surface area contributed by atoms with Gasteiger partial charge in [0, 0.05) is 18.8 Å². The molecule has 0 heterocycles. The van der Waals surface area contributed by atoms with E-state index in [1.54, 1.807) is 0 Å². The van der Waals surface area contributed by atoms with Gasteiger partial charge in [0.15, 0.2) is 0 Å². The molecule has 1 atom stereocenters. The van der Waals surface area contributed by atoms with E-state index in [1.807, 2.05) is 19.1 Å². The van der Waals surface area contributed by atoms with Gasteiger partial charge in [-0.05, 0) is 44.0 Å². The third-order valence-corrected chi connectivity index (χ3v) is 3.11. The van der Waals surface area contributed by atoms with Gasteiger partial charge >= 0.3 is 0 Å². The van der Waals surface area contributed by atoms with E-state index in [1.165, 1.54) is 18.5 Å². The maximum Gasteiger partial charge on any atom is 0.0994 e. The van der Waals surface area contributed by atoms with Gasteiger partial charge in [0.25, 0.3) is 0 Å². The third kappa shape index (κ3) is 2.76. The zero-order valence-electron chi connectivity index (χ0n) is 10.6. The summed E-state index contributed by atoms with van der Waals surface area (Å²) in [5, 5.41) is 8.88. The lowest BCUT2D eigenvalue weighted by atomic mass is 10.1. The Labute approximate surface area is 98.5 Å². The van der Waals surface area contributed by atoms with Gasteiger partial charge in [-0.15, -0.1) is 0 Å². The lowest BCUT2D eigenvalue weighted by Crippen LogP contribution is -2.28. The number of anilines is 1. The molecule has 0 bridgehead atoms. The molecule has 16 heavy (non-hydrogen) atoms. The summed E-state index contributed by atoms with van der Waals surface area (Å²) in [5.41, 5.74) is 3.01. The smallest absolute Gasteiger partial charge is 0.0994 e. The van der Waals surface area contributed by atoms with Gasteiger partial charge in [-0.25, -0.2) is 0 Å². The summed E-state index contributed by atoms with van der Waals surface area (Å²) in [7, 11) is 2.11. The zero-order chi connectivity index (χ0) is 12.1. The molecule has 0 saturated carbocycles. The highest BCUT2D eigenvalue weighted by atomic mass is 15.1. The number of hydrogen-bond donors (Lipinski definition) is 0. The second-order valence-corrected chi connectivity index (χ2v) is 4.36. The van der Waals surface area contributed by atoms with Gasteiger partial charge in [-0.2, -0.15) is 5.26 Å². The quantitative estimate of drug-likeness (QED) is 0.770. The molecule has 0 aromatic heterocycles. The van der Waals surface area contributed by atoms with Crippen molar-refractivity contribution >= 4 is 5.69 Å². The fraction of sp³-hybridized carbons (Fsp3) is 0.500. The number of hydrogen-bond acceptors (Lipinski definition) is 2. The minimum atomic E-state index is 0.539. The summed E-state index contributed by atoms with van der Waals surface area (Å²) in [6.07, 6.45) is 2.39. The van der Waals surface area contributed by atoms with E-state index in [-0.39, 0.29) is 0 Å². The first-order valence-electron chi connectivity index (χ1n) is 5.83. The molecule has 0 aliphatic carbocycles. The molecule has 0 N–H and O–H groups in total. The molecule has 0 radical (unpaired) electrons. The molecule has 0 amide bonds. The van der Waals surface area contributed by atoms with Gasteiger partial charge < -0.3 is 4.90 Å². The number of nitrogens with zero attached hydrogens (tertiary/aromatic N) is 2. The van der Waals surface area contributed by atoms with Crippen molar-refractivity contribution in [1.82, 2.24) is 0 Å². The molecule has 0 spiro atoms. The largest absolute Gasteiger partial charge is 0.372 e. The van der Waals surface area contributed by atoms with E-state index in [0.717, 1.165) is 11.1 Å². The third-order valence-electron chi connectivity index (χ3n) is 3.11. The van der Waals surface area contributed by atoms with Crippen molar-refractivity contribution in [3.8, 4) is 6.07 Å². The first-order valence-corrected chi connectivity index (χ1v) is 5.83. The SMILES string of the molecule is CCCC(C)N(C)c1ccc(C#N)c(C)c1. The van der Waals surface area contributed by atoms with Crippen molar-refractivity contribution in [3.63, 3.8) is 0 Å². The van der Waals surface area contributed by atoms with Crippen LogP contribution in [0.2, 0.25) is 0 Å². The predicted octanol–water partition coefficient (Wildman–Crippen LogP) is 3.49. The molecule has 2 heteroatoms. The van der Waals surface area contributed by atoms with Crippen molar-refractivity contribution < 1.29 is 0 Å². The second kappa shape index (κ2) is 5.55. The number of aryl methyl sites for hydroxylation is 1. The Bertz CT molecular complexity index is 390. The molecule has 0 aliphatic rings. The summed E-state index contributed by atoms with van der Waals surface area (Å²) >= 11 is 0. The maximum absolute atomic E-state index is 8.88. The first-order chi connectivity index (χ1) is 7.60. The van der Waals surface area contributed by atoms with Crippen LogP contribution in [0, 0.1) is 18.3 Å². The minimum absolute atomic E-state index is 0.539. The Morgan fingerprint density at radius 3 is 2.62 bits per heavy atom. The minimum Gasteiger partial charge on any atom is -0.372 e. The van der Waals surface area contributed by atoms with E-state index in [0.29, 0.717) is 6.04 Å². The highest BCUT2D eigenvalue weighted by Gasteiger charge is 2.09. The van der Waals surface area contributed by atoms with Crippen LogP contribution in [0.4, 0.5) is 5.69 Å². The molecule has 86 valence electrons. The van der Waals surface area contributed by atoms with E-state index >= 15 is 0 Å². The Morgan fingerprint density at radius 1 is 1.44 bits per heavy atom. The average Bonchev–Trinajstić information content (AvgIpc) is 2.28. The van der Waals surface area contributed by atoms with Gasteiger partial charge in [-0.3, -0.25) is 0 Å². The van der Waals surface area contributed by atoms with E-state index in [4.69, 9.17) is 5.26 Å². The van der Waals surface area contributed by atoms with Crippen LogP contribution in [0.3, 0.4) is 0 Å². The van der Waals surface area contributed by atoms with Crippen LogP contribution in [-0.4, -0.2) is 13.1 Å². The number of nitriles is 1. The molecular formula is C14H20N2. The molecule has 1 unspecified atom stereocenters. The van der Waals surface area contributed by atoms with Gasteiger partial charge in [-0.1, -0.05) is 13.3 Å². The predicted molar refractivity (Wildman–Crippen MR) is 68.7 cm³/mol. The molecule has 0 fully saturated rings. The second-order valence-electron chi connectivity index (χ2n) is 4.36. The van der Waals surface area contributed by atoms with Crippen molar-refractivity contribution in [1.29, 1.82) is 5.26 Å². The lowest BCUT2D eigenvalue weighted by molar-refractivity contribution is 0.616. The van der Waals surface area contributed by atoms with Crippen LogP contribution in [0.1, 0.15) is 37.8 Å². The van der Waals surface area contributed by atoms with Crippen molar-refractivity contribution in [2.75, 3.05) is 11.9 Å². The maximum atomic E-state index is 8.88. The van der Waals surface area contributed by atoms with Crippen LogP contribution in [0.5, 0.6) is 0 Å². The molecule has 1 aromatic rings. The van der Waals surface area contributed by atoms with Crippen LogP contribution in [0.25, 0.3) is 0 Å². The van der Waals surface area contributed by atoms with E-state index in [9.17, 15) is 0 Å². The fourth-order valence-corrected chi connectivity index (χ4v) is 1.86. The highest BCUT2D eigenvalue weighted by molar-refractivity contribution is 5.53. The summed E-state index contributed by atoms with van der Waals surface area (Å²) in [6.45, 7) is 6.42. The number of benzene rings is 1. The van der Waals surface area contributed by atoms with Crippen LogP contribution >= 0.6 is 0 Å². The molecule has 0 saturated heterocycles. The highest BCUT2D eigenvalue weighted by Crippen LogP contribution is 2.20. The molecular weight excluding hydrogens is 196 g/mol. The summed E-state index contributed by atoms with van der Waals surface area (Å²) in [6, 6.07) is 8.75. The van der Waals surface area contributed by atoms with Crippen molar-refractivity contribution in [2.24, 2.45) is 0 Å². The van der Waals surface area contributed by atoms with Crippen LogP contribution in [-0.2, 0) is 0 Å². The van der Waals surface area contributed by atoms with Gasteiger partial charge in [0.2, 0.25) is 0 Å². The Balaban J connectivity index is 2.89. The molecule has 0 aliphatic heterocycles. The normalized spacial score (nSPS) is 11.9. The van der Waals surface area contributed by atoms with E-state index < -0.39 is 0 Å². The zero-order valence-corrected chi connectivity index (χ0v) is 10.6. The molecule has 1 rings (SSSR count). The first kappa shape index (κ1) is 12.6. The lowest BCUT2D eigenvalue weighted by Gasteiger charge is -2.27. The van der Waals surface area contributed by atoms with Crippen molar-refractivity contribution in [2.45, 2.75) is 39.7 Å². The number of rotatable bonds is 4. The Morgan fingerprint density at radius 2 is 2.12 bits per heavy atom. The average molecular weight is 216 g/mol. The monoisotopic (exact) mass is 216 g/mol. The summed E-state index contributed by atoms with van der Waals surface area (Å²) in [5.74, 6) is 0.